The Labute approximate surface area is 95.8 Å². The van der Waals surface area contributed by atoms with Crippen LogP contribution in [0.25, 0.3) is 0 Å². The van der Waals surface area contributed by atoms with Gasteiger partial charge < -0.3 is 5.32 Å². The molecule has 1 saturated carbocycles. The van der Waals surface area contributed by atoms with Crippen LogP contribution in [0.5, 0.6) is 0 Å². The lowest BCUT2D eigenvalue weighted by atomic mass is 9.91. The summed E-state index contributed by atoms with van der Waals surface area (Å²) in [6, 6.07) is 1.92. The molecule has 1 aromatic heterocycles. The average molecular weight is 221 g/mol. The maximum Gasteiger partial charge on any atom is 0.228 e. The molecule has 0 atom stereocenters. The Balaban J connectivity index is 1.93. The van der Waals surface area contributed by atoms with Crippen molar-refractivity contribution in [3.05, 3.63) is 11.8 Å². The SMILES string of the molecule is CC(C)(C)Cc1cc(NC(=O)C2CC2)n[nH]1. The highest BCUT2D eigenvalue weighted by atomic mass is 16.2. The van der Waals surface area contributed by atoms with Crippen LogP contribution < -0.4 is 5.32 Å². The monoisotopic (exact) mass is 221 g/mol. The summed E-state index contributed by atoms with van der Waals surface area (Å²) in [5, 5.41) is 9.88. The largest absolute Gasteiger partial charge is 0.309 e. The summed E-state index contributed by atoms with van der Waals surface area (Å²) in [6.07, 6.45) is 2.97. The highest BCUT2D eigenvalue weighted by molar-refractivity contribution is 5.93. The van der Waals surface area contributed by atoms with E-state index >= 15 is 0 Å². The topological polar surface area (TPSA) is 57.8 Å². The van der Waals surface area contributed by atoms with Crippen LogP contribution in [0.2, 0.25) is 0 Å². The second kappa shape index (κ2) is 3.92. The molecule has 4 nitrogen and oxygen atoms in total. The number of H-pyrrole nitrogens is 1. The molecule has 0 aromatic carbocycles. The molecule has 1 amide bonds. The molecule has 4 heteroatoms. The molecule has 2 N–H and O–H groups in total. The third-order valence-electron chi connectivity index (χ3n) is 2.55. The van der Waals surface area contributed by atoms with E-state index < -0.39 is 0 Å². The minimum Gasteiger partial charge on any atom is -0.309 e. The fraction of sp³-hybridized carbons (Fsp3) is 0.667. The third kappa shape index (κ3) is 3.08. The third-order valence-corrected chi connectivity index (χ3v) is 2.55. The van der Waals surface area contributed by atoms with E-state index in [1.54, 1.807) is 0 Å². The summed E-state index contributed by atoms with van der Waals surface area (Å²) >= 11 is 0. The quantitative estimate of drug-likeness (QED) is 0.823. The number of aromatic nitrogens is 2. The first-order chi connectivity index (χ1) is 7.44. The fourth-order valence-electron chi connectivity index (χ4n) is 1.66. The van der Waals surface area contributed by atoms with Gasteiger partial charge in [0, 0.05) is 17.7 Å². The minimum atomic E-state index is 0.105. The Kier molecular flexibility index (Phi) is 2.74. The molecule has 0 spiro atoms. The van der Waals surface area contributed by atoms with E-state index in [4.69, 9.17) is 0 Å². The summed E-state index contributed by atoms with van der Waals surface area (Å²) in [4.78, 5) is 11.5. The molecule has 16 heavy (non-hydrogen) atoms. The number of carbonyl (C=O) groups excluding carboxylic acids is 1. The van der Waals surface area contributed by atoms with Gasteiger partial charge in [0.05, 0.1) is 0 Å². The van der Waals surface area contributed by atoms with E-state index in [0.29, 0.717) is 5.82 Å². The molecule has 88 valence electrons. The highest BCUT2D eigenvalue weighted by Gasteiger charge is 2.30. The van der Waals surface area contributed by atoms with Gasteiger partial charge >= 0.3 is 0 Å². The molecular formula is C12H19N3O. The molecule has 2 rings (SSSR count). The van der Waals surface area contributed by atoms with Gasteiger partial charge in [0.15, 0.2) is 5.82 Å². The molecular weight excluding hydrogens is 202 g/mol. The van der Waals surface area contributed by atoms with Crippen LogP contribution in [-0.2, 0) is 11.2 Å². The van der Waals surface area contributed by atoms with Gasteiger partial charge in [-0.15, -0.1) is 0 Å². The van der Waals surface area contributed by atoms with Crippen LogP contribution in [0.3, 0.4) is 0 Å². The van der Waals surface area contributed by atoms with Gasteiger partial charge in [0.1, 0.15) is 0 Å². The second-order valence-electron chi connectivity index (χ2n) is 5.78. The van der Waals surface area contributed by atoms with Crippen molar-refractivity contribution in [1.82, 2.24) is 10.2 Å². The molecule has 0 unspecified atom stereocenters. The number of rotatable bonds is 3. The molecule has 1 aliphatic rings. The van der Waals surface area contributed by atoms with E-state index in [2.05, 4.69) is 36.3 Å². The molecule has 0 aliphatic heterocycles. The second-order valence-corrected chi connectivity index (χ2v) is 5.78. The van der Waals surface area contributed by atoms with Crippen LogP contribution in [0.1, 0.15) is 39.3 Å². The van der Waals surface area contributed by atoms with Crippen molar-refractivity contribution in [1.29, 1.82) is 0 Å². The molecule has 1 aromatic rings. The standard InChI is InChI=1S/C12H19N3O/c1-12(2,3)7-9-6-10(15-14-9)13-11(16)8-4-5-8/h6,8H,4-5,7H2,1-3H3,(H2,13,14,15,16). The summed E-state index contributed by atoms with van der Waals surface area (Å²) in [5.41, 5.74) is 1.29. The van der Waals surface area contributed by atoms with Gasteiger partial charge in [-0.2, -0.15) is 5.10 Å². The normalized spacial score (nSPS) is 16.2. The smallest absolute Gasteiger partial charge is 0.228 e. The summed E-state index contributed by atoms with van der Waals surface area (Å²) < 4.78 is 0. The Morgan fingerprint density at radius 3 is 2.81 bits per heavy atom. The number of anilines is 1. The van der Waals surface area contributed by atoms with Crippen LogP contribution in [0.15, 0.2) is 6.07 Å². The van der Waals surface area contributed by atoms with Crippen molar-refractivity contribution in [2.75, 3.05) is 5.32 Å². The van der Waals surface area contributed by atoms with Gasteiger partial charge in [-0.05, 0) is 24.7 Å². The van der Waals surface area contributed by atoms with E-state index in [-0.39, 0.29) is 17.2 Å². The molecule has 0 bridgehead atoms. The van der Waals surface area contributed by atoms with Crippen molar-refractivity contribution in [2.45, 2.75) is 40.0 Å². The maximum absolute atomic E-state index is 11.5. The number of aromatic amines is 1. The van der Waals surface area contributed by atoms with Crippen LogP contribution in [-0.4, -0.2) is 16.1 Å². The van der Waals surface area contributed by atoms with E-state index in [0.717, 1.165) is 25.0 Å². The molecule has 1 fully saturated rings. The van der Waals surface area contributed by atoms with Crippen molar-refractivity contribution in [3.63, 3.8) is 0 Å². The van der Waals surface area contributed by atoms with Gasteiger partial charge in [-0.25, -0.2) is 0 Å². The lowest BCUT2D eigenvalue weighted by Crippen LogP contribution is -2.13. The van der Waals surface area contributed by atoms with Crippen LogP contribution >= 0.6 is 0 Å². The zero-order valence-corrected chi connectivity index (χ0v) is 10.1. The zero-order chi connectivity index (χ0) is 11.8. The number of nitrogens with zero attached hydrogens (tertiary/aromatic N) is 1. The van der Waals surface area contributed by atoms with Gasteiger partial charge in [0.25, 0.3) is 0 Å². The predicted octanol–water partition coefficient (Wildman–Crippen LogP) is 2.35. The first-order valence-corrected chi connectivity index (χ1v) is 5.79. The van der Waals surface area contributed by atoms with E-state index in [1.165, 1.54) is 0 Å². The first-order valence-electron chi connectivity index (χ1n) is 5.79. The highest BCUT2D eigenvalue weighted by Crippen LogP contribution is 2.30. The number of hydrogen-bond donors (Lipinski definition) is 2. The Morgan fingerprint density at radius 2 is 2.25 bits per heavy atom. The lowest BCUT2D eigenvalue weighted by molar-refractivity contribution is -0.117. The summed E-state index contributed by atoms with van der Waals surface area (Å²) in [6.45, 7) is 6.53. The van der Waals surface area contributed by atoms with E-state index in [1.807, 2.05) is 6.07 Å². The fourth-order valence-corrected chi connectivity index (χ4v) is 1.66. The Hall–Kier alpha value is -1.32. The Bertz CT molecular complexity index is 385. The maximum atomic E-state index is 11.5. The lowest BCUT2D eigenvalue weighted by Gasteiger charge is -2.15. The number of nitrogens with one attached hydrogen (secondary N) is 2. The number of hydrogen-bond acceptors (Lipinski definition) is 2. The average Bonchev–Trinajstić information content (AvgIpc) is 2.89. The molecule has 0 saturated heterocycles. The van der Waals surface area contributed by atoms with E-state index in [9.17, 15) is 4.79 Å². The van der Waals surface area contributed by atoms with Crippen LogP contribution in [0.4, 0.5) is 5.82 Å². The van der Waals surface area contributed by atoms with Gasteiger partial charge in [-0.1, -0.05) is 20.8 Å². The molecule has 1 heterocycles. The van der Waals surface area contributed by atoms with Crippen molar-refractivity contribution in [3.8, 4) is 0 Å². The predicted molar refractivity (Wildman–Crippen MR) is 63.1 cm³/mol. The van der Waals surface area contributed by atoms with Crippen molar-refractivity contribution in [2.24, 2.45) is 11.3 Å². The van der Waals surface area contributed by atoms with Gasteiger partial charge in [0.2, 0.25) is 5.91 Å². The molecule has 0 radical (unpaired) electrons. The van der Waals surface area contributed by atoms with Gasteiger partial charge in [-0.3, -0.25) is 9.89 Å². The van der Waals surface area contributed by atoms with Crippen molar-refractivity contribution >= 4 is 11.7 Å². The molecule has 1 aliphatic carbocycles. The number of carbonyl (C=O) groups is 1. The first kappa shape index (κ1) is 11.2. The van der Waals surface area contributed by atoms with Crippen molar-refractivity contribution < 1.29 is 4.79 Å². The van der Waals surface area contributed by atoms with Crippen LogP contribution in [0, 0.1) is 11.3 Å². The summed E-state index contributed by atoms with van der Waals surface area (Å²) in [7, 11) is 0. The minimum absolute atomic E-state index is 0.105. The zero-order valence-electron chi connectivity index (χ0n) is 10.1. The Morgan fingerprint density at radius 1 is 1.56 bits per heavy atom. The number of amides is 1. The summed E-state index contributed by atoms with van der Waals surface area (Å²) in [5.74, 6) is 0.979.